The number of amides is 1. The molecule has 1 amide bonds. The number of fused-ring (bicyclic) bond motifs is 2. The number of carbonyl (C=O) groups is 1. The summed E-state index contributed by atoms with van der Waals surface area (Å²) in [6, 6.07) is 17.0. The minimum Gasteiger partial charge on any atom is -0.508 e. The van der Waals surface area contributed by atoms with Gasteiger partial charge in [0.25, 0.3) is 5.91 Å². The van der Waals surface area contributed by atoms with E-state index in [9.17, 15) is 9.90 Å². The molecule has 2 aromatic carbocycles. The van der Waals surface area contributed by atoms with E-state index in [4.69, 9.17) is 0 Å². The van der Waals surface area contributed by atoms with E-state index in [0.29, 0.717) is 17.8 Å². The lowest BCUT2D eigenvalue weighted by atomic mass is 9.94. The van der Waals surface area contributed by atoms with Crippen LogP contribution in [-0.2, 0) is 0 Å². The van der Waals surface area contributed by atoms with Gasteiger partial charge in [-0.15, -0.1) is 6.58 Å². The SMILES string of the molecule is C=CCN1C2CCC1CN(C(c1ccc(C(=O)N3CCCCCC3)cc1)c1cccc(O)c1)C2. The zero-order valence-corrected chi connectivity index (χ0v) is 20.1. The predicted octanol–water partition coefficient (Wildman–Crippen LogP) is 4.83. The molecular weight excluding hydrogens is 422 g/mol. The largest absolute Gasteiger partial charge is 0.508 e. The van der Waals surface area contributed by atoms with Crippen LogP contribution in [0, 0.1) is 0 Å². The highest BCUT2D eigenvalue weighted by molar-refractivity contribution is 5.94. The topological polar surface area (TPSA) is 47.0 Å². The van der Waals surface area contributed by atoms with Crippen LogP contribution in [0.3, 0.4) is 0 Å². The van der Waals surface area contributed by atoms with E-state index in [0.717, 1.165) is 56.7 Å². The summed E-state index contributed by atoms with van der Waals surface area (Å²) in [6.45, 7) is 8.64. The van der Waals surface area contributed by atoms with Crippen molar-refractivity contribution in [3.05, 3.63) is 77.9 Å². The van der Waals surface area contributed by atoms with E-state index < -0.39 is 0 Å². The van der Waals surface area contributed by atoms with Gasteiger partial charge in [0.1, 0.15) is 5.75 Å². The second-order valence-electron chi connectivity index (χ2n) is 10.2. The number of carbonyl (C=O) groups excluding carboxylic acids is 1. The van der Waals surface area contributed by atoms with Crippen molar-refractivity contribution in [3.8, 4) is 5.75 Å². The number of likely N-dealkylation sites (tertiary alicyclic amines) is 2. The Labute approximate surface area is 203 Å². The fourth-order valence-corrected chi connectivity index (χ4v) is 6.25. The molecule has 3 unspecified atom stereocenters. The first-order valence-corrected chi connectivity index (χ1v) is 12.9. The molecule has 5 rings (SSSR count). The molecule has 3 aliphatic heterocycles. The van der Waals surface area contributed by atoms with Crippen molar-refractivity contribution >= 4 is 5.91 Å². The molecule has 0 aromatic heterocycles. The second kappa shape index (κ2) is 10.3. The van der Waals surface area contributed by atoms with Crippen molar-refractivity contribution in [1.82, 2.24) is 14.7 Å². The third-order valence-electron chi connectivity index (χ3n) is 7.92. The van der Waals surface area contributed by atoms with Gasteiger partial charge in [-0.25, -0.2) is 0 Å². The summed E-state index contributed by atoms with van der Waals surface area (Å²) >= 11 is 0. The zero-order chi connectivity index (χ0) is 23.5. The summed E-state index contributed by atoms with van der Waals surface area (Å²) in [5.41, 5.74) is 3.05. The van der Waals surface area contributed by atoms with Gasteiger partial charge in [-0.3, -0.25) is 14.6 Å². The molecule has 0 saturated carbocycles. The highest BCUT2D eigenvalue weighted by Crippen LogP contribution is 2.38. The second-order valence-corrected chi connectivity index (χ2v) is 10.2. The van der Waals surface area contributed by atoms with Gasteiger partial charge in [-0.2, -0.15) is 0 Å². The third kappa shape index (κ3) is 4.77. The number of nitrogens with zero attached hydrogens (tertiary/aromatic N) is 3. The van der Waals surface area contributed by atoms with E-state index in [1.54, 1.807) is 6.07 Å². The summed E-state index contributed by atoms with van der Waals surface area (Å²) in [7, 11) is 0. The number of aromatic hydroxyl groups is 1. The molecule has 1 N–H and O–H groups in total. The highest BCUT2D eigenvalue weighted by atomic mass is 16.3. The maximum Gasteiger partial charge on any atom is 0.253 e. The summed E-state index contributed by atoms with van der Waals surface area (Å²) in [4.78, 5) is 20.3. The molecule has 2 aromatic rings. The molecule has 3 fully saturated rings. The Bertz CT molecular complexity index is 983. The van der Waals surface area contributed by atoms with Crippen LogP contribution in [-0.4, -0.2) is 70.5 Å². The first-order chi connectivity index (χ1) is 16.6. The number of phenolic OH excluding ortho intramolecular Hbond substituents is 1. The molecule has 180 valence electrons. The smallest absolute Gasteiger partial charge is 0.253 e. The standard InChI is InChI=1S/C29H37N3O2/c1-2-16-32-25-14-15-26(32)21-31(20-25)28(24-8-7-9-27(33)19-24)22-10-12-23(13-11-22)29(34)30-17-5-3-4-6-18-30/h2,7-13,19,25-26,28,33H,1,3-6,14-18,20-21H2. The van der Waals surface area contributed by atoms with Gasteiger partial charge in [0, 0.05) is 50.4 Å². The van der Waals surface area contributed by atoms with Gasteiger partial charge < -0.3 is 10.0 Å². The van der Waals surface area contributed by atoms with Crippen molar-refractivity contribution in [3.63, 3.8) is 0 Å². The fraction of sp³-hybridized carbons (Fsp3) is 0.483. The minimum atomic E-state index is 0.0587. The van der Waals surface area contributed by atoms with Crippen LogP contribution in [0.5, 0.6) is 5.75 Å². The Kier molecular flexibility index (Phi) is 7.02. The lowest BCUT2D eigenvalue weighted by Gasteiger charge is -2.44. The highest BCUT2D eigenvalue weighted by Gasteiger charge is 2.41. The lowest BCUT2D eigenvalue weighted by Crippen LogP contribution is -2.54. The molecule has 0 spiro atoms. The van der Waals surface area contributed by atoms with Crippen LogP contribution in [0.1, 0.15) is 66.1 Å². The van der Waals surface area contributed by atoms with Crippen LogP contribution in [0.4, 0.5) is 0 Å². The molecule has 2 bridgehead atoms. The van der Waals surface area contributed by atoms with E-state index in [-0.39, 0.29) is 11.9 Å². The predicted molar refractivity (Wildman–Crippen MR) is 136 cm³/mol. The van der Waals surface area contributed by atoms with E-state index >= 15 is 0 Å². The van der Waals surface area contributed by atoms with Crippen LogP contribution in [0.25, 0.3) is 0 Å². The van der Waals surface area contributed by atoms with Gasteiger partial charge in [0.2, 0.25) is 0 Å². The van der Waals surface area contributed by atoms with Crippen LogP contribution >= 0.6 is 0 Å². The maximum atomic E-state index is 13.1. The number of benzene rings is 2. The molecule has 0 radical (unpaired) electrons. The molecule has 5 heteroatoms. The molecule has 5 nitrogen and oxygen atoms in total. The number of hydrogen-bond acceptors (Lipinski definition) is 4. The fourth-order valence-electron chi connectivity index (χ4n) is 6.25. The van der Waals surface area contributed by atoms with E-state index in [1.165, 1.54) is 31.2 Å². The number of rotatable bonds is 6. The van der Waals surface area contributed by atoms with Gasteiger partial charge in [0.15, 0.2) is 0 Å². The molecule has 3 saturated heterocycles. The van der Waals surface area contributed by atoms with Crippen molar-refractivity contribution in [2.45, 2.75) is 56.7 Å². The number of piperazine rings is 1. The normalized spacial score (nSPS) is 24.5. The summed E-state index contributed by atoms with van der Waals surface area (Å²) in [5.74, 6) is 0.446. The van der Waals surface area contributed by atoms with Crippen LogP contribution in [0.2, 0.25) is 0 Å². The Morgan fingerprint density at radius 2 is 1.65 bits per heavy atom. The van der Waals surface area contributed by atoms with Crippen molar-refractivity contribution in [1.29, 1.82) is 0 Å². The van der Waals surface area contributed by atoms with Gasteiger partial charge >= 0.3 is 0 Å². The molecule has 0 aliphatic carbocycles. The van der Waals surface area contributed by atoms with Crippen molar-refractivity contribution in [2.24, 2.45) is 0 Å². The zero-order valence-electron chi connectivity index (χ0n) is 20.1. The molecule has 3 aliphatic rings. The average molecular weight is 460 g/mol. The molecule has 3 atom stereocenters. The van der Waals surface area contributed by atoms with Crippen molar-refractivity contribution < 1.29 is 9.90 Å². The van der Waals surface area contributed by atoms with Crippen LogP contribution in [0.15, 0.2) is 61.2 Å². The Balaban J connectivity index is 1.41. The Hall–Kier alpha value is -2.63. The third-order valence-corrected chi connectivity index (χ3v) is 7.92. The molecular formula is C29H37N3O2. The minimum absolute atomic E-state index is 0.0587. The number of hydrogen-bond donors (Lipinski definition) is 1. The molecule has 34 heavy (non-hydrogen) atoms. The van der Waals surface area contributed by atoms with Gasteiger partial charge in [0.05, 0.1) is 6.04 Å². The maximum absolute atomic E-state index is 13.1. The Morgan fingerprint density at radius 3 is 2.26 bits per heavy atom. The monoisotopic (exact) mass is 459 g/mol. The first kappa shape index (κ1) is 23.1. The summed E-state index contributed by atoms with van der Waals surface area (Å²) < 4.78 is 0. The molecule has 3 heterocycles. The number of phenols is 1. The summed E-state index contributed by atoms with van der Waals surface area (Å²) in [5, 5.41) is 10.2. The van der Waals surface area contributed by atoms with E-state index in [2.05, 4.69) is 34.6 Å². The van der Waals surface area contributed by atoms with Crippen molar-refractivity contribution in [2.75, 3.05) is 32.7 Å². The van der Waals surface area contributed by atoms with E-state index in [1.807, 2.05) is 35.2 Å². The average Bonchev–Trinajstić information content (AvgIpc) is 3.05. The first-order valence-electron chi connectivity index (χ1n) is 12.9. The van der Waals surface area contributed by atoms with Gasteiger partial charge in [-0.05, 0) is 61.1 Å². The summed E-state index contributed by atoms with van der Waals surface area (Å²) in [6.07, 6.45) is 9.11. The quantitative estimate of drug-likeness (QED) is 0.629. The van der Waals surface area contributed by atoms with Gasteiger partial charge in [-0.1, -0.05) is 43.2 Å². The Morgan fingerprint density at radius 1 is 0.971 bits per heavy atom. The lowest BCUT2D eigenvalue weighted by molar-refractivity contribution is 0.0582. The van der Waals surface area contributed by atoms with Crippen LogP contribution < -0.4 is 0 Å².